The van der Waals surface area contributed by atoms with Crippen LogP contribution < -0.4 is 4.90 Å². The van der Waals surface area contributed by atoms with Gasteiger partial charge in [0.2, 0.25) is 0 Å². The number of para-hydroxylation sites is 1. The highest BCUT2D eigenvalue weighted by molar-refractivity contribution is 6.14. The molecule has 2 nitrogen and oxygen atoms in total. The number of anilines is 3. The van der Waals surface area contributed by atoms with Crippen molar-refractivity contribution in [2.75, 3.05) is 4.90 Å². The van der Waals surface area contributed by atoms with Gasteiger partial charge >= 0.3 is 0 Å². The Morgan fingerprint density at radius 1 is 0.267 bits per heavy atom. The lowest BCUT2D eigenvalue weighted by Gasteiger charge is -2.26. The van der Waals surface area contributed by atoms with E-state index in [0.29, 0.717) is 0 Å². The van der Waals surface area contributed by atoms with Gasteiger partial charge in [0.15, 0.2) is 0 Å². The maximum atomic E-state index is 6.50. The van der Waals surface area contributed by atoms with E-state index < -0.39 is 0 Å². The second-order valence-electron chi connectivity index (χ2n) is 15.7. The molecule has 0 unspecified atom stereocenters. The van der Waals surface area contributed by atoms with E-state index in [2.05, 4.69) is 223 Å². The van der Waals surface area contributed by atoms with Gasteiger partial charge in [-0.3, -0.25) is 0 Å². The Bertz CT molecular complexity index is 3580. The van der Waals surface area contributed by atoms with E-state index in [0.717, 1.165) is 61.3 Å². The van der Waals surface area contributed by atoms with Crippen LogP contribution in [-0.2, 0) is 0 Å². The number of nitrogens with zero attached hydrogens (tertiary/aromatic N) is 1. The minimum Gasteiger partial charge on any atom is -0.455 e. The van der Waals surface area contributed by atoms with E-state index >= 15 is 0 Å². The van der Waals surface area contributed by atoms with Gasteiger partial charge < -0.3 is 9.32 Å². The summed E-state index contributed by atoms with van der Waals surface area (Å²) in [5.74, 6) is 0. The van der Waals surface area contributed by atoms with Gasteiger partial charge in [0, 0.05) is 33.4 Å². The number of furan rings is 1. The zero-order valence-corrected chi connectivity index (χ0v) is 32.7. The van der Waals surface area contributed by atoms with Crippen molar-refractivity contribution in [2.45, 2.75) is 0 Å². The van der Waals surface area contributed by atoms with E-state index in [1.165, 1.54) is 54.2 Å². The molecule has 0 bridgehead atoms. The van der Waals surface area contributed by atoms with Crippen LogP contribution in [0, 0.1) is 0 Å². The zero-order chi connectivity index (χ0) is 39.6. The van der Waals surface area contributed by atoms with Crippen molar-refractivity contribution in [2.24, 2.45) is 0 Å². The minimum absolute atomic E-state index is 0.893. The van der Waals surface area contributed by atoms with Crippen LogP contribution in [0.5, 0.6) is 0 Å². The predicted molar refractivity (Wildman–Crippen MR) is 255 cm³/mol. The molecule has 12 aromatic rings. The highest BCUT2D eigenvalue weighted by Gasteiger charge is 2.17. The van der Waals surface area contributed by atoms with E-state index in [1.54, 1.807) is 0 Å². The van der Waals surface area contributed by atoms with Crippen LogP contribution in [0.2, 0.25) is 0 Å². The molecule has 12 rings (SSSR count). The molecule has 11 aromatic carbocycles. The van der Waals surface area contributed by atoms with Crippen molar-refractivity contribution < 1.29 is 4.42 Å². The third-order valence-corrected chi connectivity index (χ3v) is 12.2. The molecule has 1 aromatic heterocycles. The number of rotatable bonds is 6. The van der Waals surface area contributed by atoms with Crippen molar-refractivity contribution in [3.8, 4) is 33.4 Å². The van der Waals surface area contributed by atoms with Crippen molar-refractivity contribution in [3.05, 3.63) is 224 Å². The molecule has 0 aliphatic rings. The van der Waals surface area contributed by atoms with Gasteiger partial charge in [-0.05, 0) is 126 Å². The fraction of sp³-hybridized carbons (Fsp3) is 0. The molecule has 0 aliphatic heterocycles. The van der Waals surface area contributed by atoms with E-state index in [1.807, 2.05) is 6.07 Å². The van der Waals surface area contributed by atoms with Crippen molar-refractivity contribution in [1.82, 2.24) is 0 Å². The minimum atomic E-state index is 0.893. The summed E-state index contributed by atoms with van der Waals surface area (Å²) in [7, 11) is 0. The standard InChI is InChI=1S/C58H37NO/c1-2-11-39(12-3-1)51-19-10-20-54-56-36-42(27-34-57(56)60-58(51)54)38-23-28-45(29-24-38)59(47-32-33-50-44(35-47)22-21-40-13-4-6-15-48(40)50)46-30-25-41(26-31-46)55-37-43-14-5-7-16-49(43)52-17-8-9-18-53(52)55/h1-37H. The molecule has 0 fully saturated rings. The Morgan fingerprint density at radius 3 is 1.60 bits per heavy atom. The lowest BCUT2D eigenvalue weighted by molar-refractivity contribution is 0.670. The van der Waals surface area contributed by atoms with Gasteiger partial charge in [0.1, 0.15) is 11.2 Å². The zero-order valence-electron chi connectivity index (χ0n) is 32.7. The molecule has 60 heavy (non-hydrogen) atoms. The van der Waals surface area contributed by atoms with Gasteiger partial charge in [-0.2, -0.15) is 0 Å². The number of hydrogen-bond acceptors (Lipinski definition) is 2. The maximum absolute atomic E-state index is 6.50. The normalized spacial score (nSPS) is 11.7. The van der Waals surface area contributed by atoms with Crippen molar-refractivity contribution in [1.29, 1.82) is 0 Å². The van der Waals surface area contributed by atoms with E-state index in [-0.39, 0.29) is 0 Å². The fourth-order valence-electron chi connectivity index (χ4n) is 9.30. The quantitative estimate of drug-likeness (QED) is 0.157. The molecule has 0 radical (unpaired) electrons. The van der Waals surface area contributed by atoms with Crippen LogP contribution in [0.1, 0.15) is 0 Å². The summed E-state index contributed by atoms with van der Waals surface area (Å²) >= 11 is 0. The Morgan fingerprint density at radius 2 is 0.817 bits per heavy atom. The first-order chi connectivity index (χ1) is 29.7. The first-order valence-electron chi connectivity index (χ1n) is 20.6. The lowest BCUT2D eigenvalue weighted by atomic mass is 9.93. The van der Waals surface area contributed by atoms with Gasteiger partial charge in [-0.25, -0.2) is 0 Å². The van der Waals surface area contributed by atoms with Crippen LogP contribution in [0.25, 0.3) is 98.4 Å². The molecule has 2 heteroatoms. The molecule has 1 heterocycles. The van der Waals surface area contributed by atoms with Crippen LogP contribution in [-0.4, -0.2) is 0 Å². The first kappa shape index (κ1) is 34.1. The van der Waals surface area contributed by atoms with Crippen molar-refractivity contribution in [3.63, 3.8) is 0 Å². The summed E-state index contributed by atoms with van der Waals surface area (Å²) in [4.78, 5) is 2.37. The first-order valence-corrected chi connectivity index (χ1v) is 20.6. The average Bonchev–Trinajstić information content (AvgIpc) is 3.70. The monoisotopic (exact) mass is 763 g/mol. The maximum Gasteiger partial charge on any atom is 0.143 e. The van der Waals surface area contributed by atoms with Gasteiger partial charge in [-0.1, -0.05) is 170 Å². The molecule has 0 spiro atoms. The second-order valence-corrected chi connectivity index (χ2v) is 15.7. The SMILES string of the molecule is c1ccc(-c2cccc3c2oc2ccc(-c4ccc(N(c5ccc(-c6cc7ccccc7c7ccccc67)cc5)c5ccc6c(ccc7ccccc76)c5)cc4)cc23)cc1. The van der Waals surface area contributed by atoms with Crippen LogP contribution in [0.4, 0.5) is 17.1 Å². The van der Waals surface area contributed by atoms with Crippen LogP contribution in [0.15, 0.2) is 229 Å². The van der Waals surface area contributed by atoms with Crippen LogP contribution in [0.3, 0.4) is 0 Å². The molecule has 0 aliphatic carbocycles. The molecule has 280 valence electrons. The van der Waals surface area contributed by atoms with E-state index in [9.17, 15) is 0 Å². The molecule has 0 atom stereocenters. The average molecular weight is 764 g/mol. The number of hydrogen-bond donors (Lipinski definition) is 0. The summed E-state index contributed by atoms with van der Waals surface area (Å²) in [5, 5.41) is 12.3. The number of fused-ring (bicyclic) bond motifs is 9. The molecule has 0 amide bonds. The third-order valence-electron chi connectivity index (χ3n) is 12.2. The van der Waals surface area contributed by atoms with Gasteiger partial charge in [0.05, 0.1) is 0 Å². The smallest absolute Gasteiger partial charge is 0.143 e. The lowest BCUT2D eigenvalue weighted by Crippen LogP contribution is -2.09. The number of benzene rings is 11. The summed E-state index contributed by atoms with van der Waals surface area (Å²) in [6.07, 6.45) is 0. The molecule has 0 saturated carbocycles. The fourth-order valence-corrected chi connectivity index (χ4v) is 9.30. The summed E-state index contributed by atoms with van der Waals surface area (Å²) in [6.45, 7) is 0. The Kier molecular flexibility index (Phi) is 7.89. The van der Waals surface area contributed by atoms with Gasteiger partial charge in [-0.15, -0.1) is 0 Å². The Labute approximate surface area is 347 Å². The van der Waals surface area contributed by atoms with Gasteiger partial charge in [0.25, 0.3) is 0 Å². The molecular weight excluding hydrogens is 727 g/mol. The largest absolute Gasteiger partial charge is 0.455 e. The summed E-state index contributed by atoms with van der Waals surface area (Å²) in [6, 6.07) is 81.2. The molecule has 0 saturated heterocycles. The Hall–Kier alpha value is -7.94. The van der Waals surface area contributed by atoms with E-state index in [4.69, 9.17) is 4.42 Å². The Balaban J connectivity index is 0.958. The highest BCUT2D eigenvalue weighted by atomic mass is 16.3. The van der Waals surface area contributed by atoms with Crippen LogP contribution >= 0.6 is 0 Å². The topological polar surface area (TPSA) is 16.4 Å². The second kappa shape index (κ2) is 13.9. The third kappa shape index (κ3) is 5.65. The predicted octanol–water partition coefficient (Wildman–Crippen LogP) is 16.7. The summed E-state index contributed by atoms with van der Waals surface area (Å²) in [5.41, 5.74) is 12.1. The molecular formula is C58H37NO. The molecule has 0 N–H and O–H groups in total. The summed E-state index contributed by atoms with van der Waals surface area (Å²) < 4.78 is 6.50. The highest BCUT2D eigenvalue weighted by Crippen LogP contribution is 2.42. The van der Waals surface area contributed by atoms with Crippen molar-refractivity contribution >= 4 is 82.1 Å².